The number of carbonyl (C=O) groups is 1. The van der Waals surface area contributed by atoms with Crippen molar-refractivity contribution in [1.82, 2.24) is 14.4 Å². The molecular formula is C15H10F3N3O2. The lowest BCUT2D eigenvalue weighted by molar-refractivity contribution is -0.137. The van der Waals surface area contributed by atoms with E-state index >= 15 is 0 Å². The SMILES string of the molecule is COC(=O)c1nccn2cc(-c3cccc(C(F)(F)F)c3)nc12. The van der Waals surface area contributed by atoms with Crippen LogP contribution in [0.5, 0.6) is 0 Å². The van der Waals surface area contributed by atoms with Crippen LogP contribution in [0.2, 0.25) is 0 Å². The van der Waals surface area contributed by atoms with Gasteiger partial charge in [0.1, 0.15) is 0 Å². The van der Waals surface area contributed by atoms with Gasteiger partial charge in [-0.25, -0.2) is 14.8 Å². The number of aromatic nitrogens is 3. The fourth-order valence-corrected chi connectivity index (χ4v) is 2.15. The second-order valence-corrected chi connectivity index (χ2v) is 4.70. The summed E-state index contributed by atoms with van der Waals surface area (Å²) in [7, 11) is 1.21. The Balaban J connectivity index is 2.13. The fourth-order valence-electron chi connectivity index (χ4n) is 2.15. The Labute approximate surface area is 128 Å². The minimum Gasteiger partial charge on any atom is -0.464 e. The molecule has 0 saturated heterocycles. The van der Waals surface area contributed by atoms with E-state index in [0.717, 1.165) is 12.1 Å². The number of hydrogen-bond acceptors (Lipinski definition) is 4. The maximum Gasteiger partial charge on any atom is 0.416 e. The Kier molecular flexibility index (Phi) is 3.51. The van der Waals surface area contributed by atoms with Crippen LogP contribution in [0.4, 0.5) is 13.2 Å². The first-order valence-electron chi connectivity index (χ1n) is 6.50. The zero-order valence-corrected chi connectivity index (χ0v) is 11.8. The molecule has 0 amide bonds. The fraction of sp³-hybridized carbons (Fsp3) is 0.133. The molecule has 2 heterocycles. The van der Waals surface area contributed by atoms with E-state index in [0.29, 0.717) is 11.3 Å². The summed E-state index contributed by atoms with van der Waals surface area (Å²) in [5.41, 5.74) is 0.0342. The lowest BCUT2D eigenvalue weighted by Crippen LogP contribution is -2.06. The standard InChI is InChI=1S/C15H10F3N3O2/c1-23-14(22)12-13-20-11(8-21(13)6-5-19-12)9-3-2-4-10(7-9)15(16,17)18/h2-8H,1H3. The molecule has 2 aromatic heterocycles. The van der Waals surface area contributed by atoms with Crippen molar-refractivity contribution >= 4 is 11.6 Å². The van der Waals surface area contributed by atoms with Crippen LogP contribution in [-0.2, 0) is 10.9 Å². The van der Waals surface area contributed by atoms with E-state index in [1.807, 2.05) is 0 Å². The number of fused-ring (bicyclic) bond motifs is 1. The highest BCUT2D eigenvalue weighted by molar-refractivity contribution is 5.93. The molecule has 0 saturated carbocycles. The number of rotatable bonds is 2. The molecule has 8 heteroatoms. The van der Waals surface area contributed by atoms with Gasteiger partial charge < -0.3 is 9.14 Å². The van der Waals surface area contributed by atoms with Crippen LogP contribution in [0.3, 0.4) is 0 Å². The highest BCUT2D eigenvalue weighted by Crippen LogP contribution is 2.32. The van der Waals surface area contributed by atoms with Crippen LogP contribution in [0.15, 0.2) is 42.9 Å². The average molecular weight is 321 g/mol. The average Bonchev–Trinajstić information content (AvgIpc) is 2.97. The zero-order valence-electron chi connectivity index (χ0n) is 11.8. The van der Waals surface area contributed by atoms with Crippen molar-refractivity contribution in [2.45, 2.75) is 6.18 Å². The van der Waals surface area contributed by atoms with Crippen LogP contribution in [0, 0.1) is 0 Å². The summed E-state index contributed by atoms with van der Waals surface area (Å²) in [6.45, 7) is 0. The summed E-state index contributed by atoms with van der Waals surface area (Å²) in [4.78, 5) is 19.8. The van der Waals surface area contributed by atoms with Crippen LogP contribution in [0.25, 0.3) is 16.9 Å². The molecule has 1 aromatic carbocycles. The summed E-state index contributed by atoms with van der Waals surface area (Å²) in [6, 6.07) is 4.82. The molecule has 0 aliphatic rings. The first kappa shape index (κ1) is 15.0. The van der Waals surface area contributed by atoms with Gasteiger partial charge in [-0.05, 0) is 12.1 Å². The third-order valence-electron chi connectivity index (χ3n) is 3.24. The Morgan fingerprint density at radius 3 is 2.78 bits per heavy atom. The highest BCUT2D eigenvalue weighted by Gasteiger charge is 2.30. The monoisotopic (exact) mass is 321 g/mol. The van der Waals surface area contributed by atoms with Gasteiger partial charge in [-0.1, -0.05) is 12.1 Å². The number of methoxy groups -OCH3 is 1. The summed E-state index contributed by atoms with van der Waals surface area (Å²) in [5.74, 6) is -0.670. The molecule has 0 aliphatic heterocycles. The summed E-state index contributed by atoms with van der Waals surface area (Å²) in [5, 5.41) is 0. The van der Waals surface area contributed by atoms with Crippen molar-refractivity contribution in [2.75, 3.05) is 7.11 Å². The first-order chi connectivity index (χ1) is 10.9. The van der Waals surface area contributed by atoms with Crippen LogP contribution in [0.1, 0.15) is 16.1 Å². The molecule has 0 bridgehead atoms. The maximum atomic E-state index is 12.8. The quantitative estimate of drug-likeness (QED) is 0.680. The van der Waals surface area contributed by atoms with E-state index in [1.54, 1.807) is 6.20 Å². The van der Waals surface area contributed by atoms with Gasteiger partial charge in [-0.15, -0.1) is 0 Å². The Morgan fingerprint density at radius 2 is 2.09 bits per heavy atom. The number of nitrogens with zero attached hydrogens (tertiary/aromatic N) is 3. The van der Waals surface area contributed by atoms with Crippen molar-refractivity contribution in [3.8, 4) is 11.3 Å². The Morgan fingerprint density at radius 1 is 1.30 bits per heavy atom. The number of alkyl halides is 3. The normalized spacial score (nSPS) is 11.7. The molecule has 3 aromatic rings. The summed E-state index contributed by atoms with van der Waals surface area (Å²) in [6.07, 6.45) is 0.0234. The van der Waals surface area contributed by atoms with Gasteiger partial charge >= 0.3 is 12.1 Å². The number of ether oxygens (including phenoxy) is 1. The molecule has 0 radical (unpaired) electrons. The predicted octanol–water partition coefficient (Wildman–Crippen LogP) is 3.20. The number of hydrogen-bond donors (Lipinski definition) is 0. The van der Waals surface area contributed by atoms with Gasteiger partial charge in [0.2, 0.25) is 0 Å². The molecular weight excluding hydrogens is 311 g/mol. The molecule has 0 atom stereocenters. The van der Waals surface area contributed by atoms with E-state index in [1.165, 1.54) is 36.0 Å². The van der Waals surface area contributed by atoms with Crippen LogP contribution >= 0.6 is 0 Å². The third-order valence-corrected chi connectivity index (χ3v) is 3.24. The van der Waals surface area contributed by atoms with Crippen LogP contribution in [-0.4, -0.2) is 27.4 Å². The van der Waals surface area contributed by atoms with Gasteiger partial charge in [-0.2, -0.15) is 13.2 Å². The van der Waals surface area contributed by atoms with Crippen molar-refractivity contribution < 1.29 is 22.7 Å². The first-order valence-corrected chi connectivity index (χ1v) is 6.50. The number of halogens is 3. The number of esters is 1. The van der Waals surface area contributed by atoms with Crippen molar-refractivity contribution in [3.63, 3.8) is 0 Å². The van der Waals surface area contributed by atoms with Crippen molar-refractivity contribution in [1.29, 1.82) is 0 Å². The number of carbonyl (C=O) groups excluding carboxylic acids is 1. The van der Waals surface area contributed by atoms with Gasteiger partial charge in [0.05, 0.1) is 18.4 Å². The van der Waals surface area contributed by atoms with E-state index in [4.69, 9.17) is 0 Å². The predicted molar refractivity (Wildman–Crippen MR) is 74.8 cm³/mol. The van der Waals surface area contributed by atoms with E-state index < -0.39 is 17.7 Å². The minimum atomic E-state index is -4.44. The van der Waals surface area contributed by atoms with Gasteiger partial charge in [0.25, 0.3) is 0 Å². The lowest BCUT2D eigenvalue weighted by Gasteiger charge is -2.07. The van der Waals surface area contributed by atoms with Crippen molar-refractivity contribution in [2.24, 2.45) is 0 Å². The molecule has 0 unspecified atom stereocenters. The Bertz CT molecular complexity index is 887. The molecule has 118 valence electrons. The van der Waals surface area contributed by atoms with Gasteiger partial charge in [-0.3, -0.25) is 0 Å². The smallest absolute Gasteiger partial charge is 0.416 e. The molecule has 0 N–H and O–H groups in total. The van der Waals surface area contributed by atoms with E-state index in [-0.39, 0.29) is 11.3 Å². The topological polar surface area (TPSA) is 56.5 Å². The van der Waals surface area contributed by atoms with Gasteiger partial charge in [0, 0.05) is 24.2 Å². The number of benzene rings is 1. The largest absolute Gasteiger partial charge is 0.464 e. The second kappa shape index (κ2) is 5.38. The lowest BCUT2D eigenvalue weighted by atomic mass is 10.1. The van der Waals surface area contributed by atoms with E-state index in [9.17, 15) is 18.0 Å². The third kappa shape index (κ3) is 2.75. The molecule has 5 nitrogen and oxygen atoms in total. The second-order valence-electron chi connectivity index (χ2n) is 4.70. The highest BCUT2D eigenvalue weighted by atomic mass is 19.4. The van der Waals surface area contributed by atoms with Crippen molar-refractivity contribution in [3.05, 3.63) is 54.1 Å². The van der Waals surface area contributed by atoms with Gasteiger partial charge in [0.15, 0.2) is 11.3 Å². The minimum absolute atomic E-state index is 0.00627. The summed E-state index contributed by atoms with van der Waals surface area (Å²) >= 11 is 0. The molecule has 23 heavy (non-hydrogen) atoms. The zero-order chi connectivity index (χ0) is 16.6. The molecule has 3 rings (SSSR count). The summed E-state index contributed by atoms with van der Waals surface area (Å²) < 4.78 is 44.5. The maximum absolute atomic E-state index is 12.8. The molecule has 0 aliphatic carbocycles. The molecule has 0 spiro atoms. The molecule has 0 fully saturated rings. The number of imidazole rings is 1. The van der Waals surface area contributed by atoms with E-state index in [2.05, 4.69) is 14.7 Å². The van der Waals surface area contributed by atoms with Crippen LogP contribution < -0.4 is 0 Å². The Hall–Kier alpha value is -2.90.